The van der Waals surface area contributed by atoms with Crippen LogP contribution in [0.2, 0.25) is 0 Å². The second kappa shape index (κ2) is 5.67. The van der Waals surface area contributed by atoms with Gasteiger partial charge in [-0.2, -0.15) is 0 Å². The minimum absolute atomic E-state index is 0.227. The summed E-state index contributed by atoms with van der Waals surface area (Å²) in [5.74, 6) is 0.504. The van der Waals surface area contributed by atoms with E-state index in [1.165, 1.54) is 18.6 Å². The third kappa shape index (κ3) is 2.82. The smallest absolute Gasteiger partial charge is 0.123 e. The van der Waals surface area contributed by atoms with Gasteiger partial charge in [0.2, 0.25) is 0 Å². The molecule has 0 spiro atoms. The lowest BCUT2D eigenvalue weighted by Crippen LogP contribution is -2.41. The number of hydrogen-bond donors (Lipinski definition) is 1. The quantitative estimate of drug-likeness (QED) is 0.892. The SMILES string of the molecule is COc1ccc(F)cc1CN(C)C1CCCC1N. The van der Waals surface area contributed by atoms with Gasteiger partial charge in [0, 0.05) is 24.2 Å². The van der Waals surface area contributed by atoms with E-state index < -0.39 is 0 Å². The molecule has 0 heterocycles. The molecule has 1 aromatic carbocycles. The fourth-order valence-electron chi connectivity index (χ4n) is 2.77. The Balaban J connectivity index is 2.10. The predicted octanol–water partition coefficient (Wildman–Crippen LogP) is 2.15. The summed E-state index contributed by atoms with van der Waals surface area (Å²) < 4.78 is 18.6. The molecule has 0 saturated heterocycles. The summed E-state index contributed by atoms with van der Waals surface area (Å²) in [5.41, 5.74) is 6.96. The van der Waals surface area contributed by atoms with Crippen molar-refractivity contribution in [2.24, 2.45) is 5.73 Å². The summed E-state index contributed by atoms with van der Waals surface area (Å²) in [5, 5.41) is 0. The highest BCUT2D eigenvalue weighted by Gasteiger charge is 2.27. The molecule has 1 saturated carbocycles. The van der Waals surface area contributed by atoms with Crippen molar-refractivity contribution in [2.45, 2.75) is 37.9 Å². The zero-order chi connectivity index (χ0) is 13.1. The Morgan fingerprint density at radius 1 is 1.44 bits per heavy atom. The standard InChI is InChI=1S/C14H21FN2O/c1-17(13-5-3-4-12(13)16)9-10-8-11(15)6-7-14(10)18-2/h6-8,12-13H,3-5,9,16H2,1-2H3. The highest BCUT2D eigenvalue weighted by Crippen LogP contribution is 2.26. The van der Waals surface area contributed by atoms with E-state index in [0.29, 0.717) is 12.6 Å². The molecule has 1 aliphatic carbocycles. The zero-order valence-corrected chi connectivity index (χ0v) is 11.0. The molecule has 100 valence electrons. The van der Waals surface area contributed by atoms with E-state index in [2.05, 4.69) is 4.90 Å². The van der Waals surface area contributed by atoms with Crippen molar-refractivity contribution in [3.63, 3.8) is 0 Å². The van der Waals surface area contributed by atoms with E-state index in [-0.39, 0.29) is 11.9 Å². The first-order valence-electron chi connectivity index (χ1n) is 6.40. The van der Waals surface area contributed by atoms with Gasteiger partial charge in [-0.15, -0.1) is 0 Å². The first kappa shape index (κ1) is 13.3. The van der Waals surface area contributed by atoms with Crippen LogP contribution >= 0.6 is 0 Å². The largest absolute Gasteiger partial charge is 0.496 e. The molecule has 2 atom stereocenters. The fourth-order valence-corrected chi connectivity index (χ4v) is 2.77. The average molecular weight is 252 g/mol. The number of hydrogen-bond acceptors (Lipinski definition) is 3. The van der Waals surface area contributed by atoms with Crippen LogP contribution in [0.3, 0.4) is 0 Å². The van der Waals surface area contributed by atoms with Gasteiger partial charge in [0.05, 0.1) is 7.11 Å². The zero-order valence-electron chi connectivity index (χ0n) is 11.0. The molecule has 2 rings (SSSR count). The number of likely N-dealkylation sites (N-methyl/N-ethyl adjacent to an activating group) is 1. The molecule has 0 radical (unpaired) electrons. The monoisotopic (exact) mass is 252 g/mol. The van der Waals surface area contributed by atoms with E-state index in [0.717, 1.165) is 24.2 Å². The summed E-state index contributed by atoms with van der Waals surface area (Å²) >= 11 is 0. The van der Waals surface area contributed by atoms with Crippen molar-refractivity contribution in [2.75, 3.05) is 14.2 Å². The number of benzene rings is 1. The Morgan fingerprint density at radius 2 is 2.22 bits per heavy atom. The van der Waals surface area contributed by atoms with Gasteiger partial charge in [0.15, 0.2) is 0 Å². The Labute approximate surface area is 108 Å². The summed E-state index contributed by atoms with van der Waals surface area (Å²) in [6.07, 6.45) is 3.38. The molecule has 0 aliphatic heterocycles. The highest BCUT2D eigenvalue weighted by atomic mass is 19.1. The molecular formula is C14H21FN2O. The molecule has 0 bridgehead atoms. The number of methoxy groups -OCH3 is 1. The van der Waals surface area contributed by atoms with E-state index in [1.807, 2.05) is 7.05 Å². The summed E-state index contributed by atoms with van der Waals surface area (Å²) in [4.78, 5) is 2.20. The highest BCUT2D eigenvalue weighted by molar-refractivity contribution is 5.33. The molecule has 3 nitrogen and oxygen atoms in total. The van der Waals surface area contributed by atoms with Crippen LogP contribution in [0, 0.1) is 5.82 Å². The molecular weight excluding hydrogens is 231 g/mol. The van der Waals surface area contributed by atoms with Crippen LogP contribution in [0.1, 0.15) is 24.8 Å². The fraction of sp³-hybridized carbons (Fsp3) is 0.571. The summed E-state index contributed by atoms with van der Waals surface area (Å²) in [7, 11) is 3.65. The van der Waals surface area contributed by atoms with Crippen LogP contribution in [-0.4, -0.2) is 31.1 Å². The van der Waals surface area contributed by atoms with Crippen LogP contribution < -0.4 is 10.5 Å². The van der Waals surface area contributed by atoms with Crippen LogP contribution in [0.15, 0.2) is 18.2 Å². The van der Waals surface area contributed by atoms with Gasteiger partial charge in [0.1, 0.15) is 11.6 Å². The maximum absolute atomic E-state index is 13.3. The molecule has 0 amide bonds. The van der Waals surface area contributed by atoms with Crippen LogP contribution in [0.25, 0.3) is 0 Å². The van der Waals surface area contributed by atoms with Crippen LogP contribution in [0.4, 0.5) is 4.39 Å². The van der Waals surface area contributed by atoms with Gasteiger partial charge in [-0.25, -0.2) is 4.39 Å². The Hall–Kier alpha value is -1.13. The molecule has 4 heteroatoms. The molecule has 2 N–H and O–H groups in total. The minimum Gasteiger partial charge on any atom is -0.496 e. The number of halogens is 1. The predicted molar refractivity (Wildman–Crippen MR) is 70.0 cm³/mol. The van der Waals surface area contributed by atoms with Crippen molar-refractivity contribution in [1.29, 1.82) is 0 Å². The van der Waals surface area contributed by atoms with Gasteiger partial charge in [-0.1, -0.05) is 6.42 Å². The molecule has 0 aromatic heterocycles. The lowest BCUT2D eigenvalue weighted by molar-refractivity contribution is 0.217. The molecule has 1 aromatic rings. The molecule has 1 fully saturated rings. The van der Waals surface area contributed by atoms with Crippen molar-refractivity contribution in [3.8, 4) is 5.75 Å². The van der Waals surface area contributed by atoms with E-state index >= 15 is 0 Å². The van der Waals surface area contributed by atoms with Crippen LogP contribution in [-0.2, 0) is 6.54 Å². The normalized spacial score (nSPS) is 23.6. The summed E-state index contributed by atoms with van der Waals surface area (Å²) in [6, 6.07) is 5.25. The maximum atomic E-state index is 13.3. The number of nitrogens with zero attached hydrogens (tertiary/aromatic N) is 1. The first-order valence-corrected chi connectivity index (χ1v) is 6.40. The van der Waals surface area contributed by atoms with Gasteiger partial charge in [-0.05, 0) is 38.1 Å². The second-order valence-corrected chi connectivity index (χ2v) is 5.03. The van der Waals surface area contributed by atoms with Crippen molar-refractivity contribution in [3.05, 3.63) is 29.6 Å². The molecule has 1 aliphatic rings. The maximum Gasteiger partial charge on any atom is 0.123 e. The second-order valence-electron chi connectivity index (χ2n) is 5.03. The minimum atomic E-state index is -0.227. The number of nitrogens with two attached hydrogens (primary N) is 1. The first-order chi connectivity index (χ1) is 8.61. The van der Waals surface area contributed by atoms with Gasteiger partial charge in [-0.3, -0.25) is 4.90 Å². The van der Waals surface area contributed by atoms with Gasteiger partial charge in [0.25, 0.3) is 0 Å². The van der Waals surface area contributed by atoms with E-state index in [1.54, 1.807) is 13.2 Å². The van der Waals surface area contributed by atoms with Crippen LogP contribution in [0.5, 0.6) is 5.75 Å². The van der Waals surface area contributed by atoms with Crippen molar-refractivity contribution in [1.82, 2.24) is 4.90 Å². The van der Waals surface area contributed by atoms with Gasteiger partial charge >= 0.3 is 0 Å². The summed E-state index contributed by atoms with van der Waals surface area (Å²) in [6.45, 7) is 0.666. The van der Waals surface area contributed by atoms with E-state index in [4.69, 9.17) is 10.5 Å². The Morgan fingerprint density at radius 3 is 2.83 bits per heavy atom. The van der Waals surface area contributed by atoms with Crippen molar-refractivity contribution >= 4 is 0 Å². The molecule has 18 heavy (non-hydrogen) atoms. The number of ether oxygens (including phenoxy) is 1. The van der Waals surface area contributed by atoms with Gasteiger partial charge < -0.3 is 10.5 Å². The lowest BCUT2D eigenvalue weighted by atomic mass is 10.1. The Bertz CT molecular complexity index is 411. The topological polar surface area (TPSA) is 38.5 Å². The third-order valence-electron chi connectivity index (χ3n) is 3.76. The average Bonchev–Trinajstić information content (AvgIpc) is 2.76. The Kier molecular flexibility index (Phi) is 4.19. The third-order valence-corrected chi connectivity index (χ3v) is 3.76. The molecule has 2 unspecified atom stereocenters. The lowest BCUT2D eigenvalue weighted by Gasteiger charge is -2.28. The van der Waals surface area contributed by atoms with Crippen molar-refractivity contribution < 1.29 is 9.13 Å². The van der Waals surface area contributed by atoms with E-state index in [9.17, 15) is 4.39 Å². The number of rotatable bonds is 4.